The van der Waals surface area contributed by atoms with Crippen LogP contribution in [0.3, 0.4) is 0 Å². The maximum atomic E-state index is 11.6. The molecule has 0 aliphatic rings. The molecule has 0 spiro atoms. The maximum absolute atomic E-state index is 11.6. The smallest absolute Gasteiger partial charge is 0.212 e. The average Bonchev–Trinajstić information content (AvgIpc) is 2.68. The van der Waals surface area contributed by atoms with E-state index in [-0.39, 0.29) is 0 Å². The van der Waals surface area contributed by atoms with E-state index in [2.05, 4.69) is 29.2 Å². The summed E-state index contributed by atoms with van der Waals surface area (Å²) in [5, 5.41) is 0. The van der Waals surface area contributed by atoms with Gasteiger partial charge in [-0.2, -0.15) is 0 Å². The van der Waals surface area contributed by atoms with Gasteiger partial charge in [-0.3, -0.25) is 0 Å². The fraction of sp³-hybridized carbons (Fsp3) is 0.143. The molecule has 0 fully saturated rings. The van der Waals surface area contributed by atoms with Crippen molar-refractivity contribution in [3.05, 3.63) is 95.7 Å². The van der Waals surface area contributed by atoms with Crippen molar-refractivity contribution < 1.29 is 9.53 Å². The van der Waals surface area contributed by atoms with Gasteiger partial charge in [0, 0.05) is 18.7 Å². The van der Waals surface area contributed by atoms with Crippen molar-refractivity contribution in [2.75, 3.05) is 7.11 Å². The summed E-state index contributed by atoms with van der Waals surface area (Å²) >= 11 is 0. The van der Waals surface area contributed by atoms with Crippen molar-refractivity contribution in [3.8, 4) is 5.88 Å². The molecular formula is C21H19NO2. The highest BCUT2D eigenvalue weighted by Gasteiger charge is 2.36. The van der Waals surface area contributed by atoms with E-state index in [1.54, 1.807) is 13.3 Å². The Morgan fingerprint density at radius 3 is 1.88 bits per heavy atom. The third-order valence-corrected chi connectivity index (χ3v) is 4.36. The van der Waals surface area contributed by atoms with Gasteiger partial charge in [-0.15, -0.1) is 0 Å². The summed E-state index contributed by atoms with van der Waals surface area (Å²) in [5.74, 6) is 0.555. The highest BCUT2D eigenvalue weighted by Crippen LogP contribution is 2.41. The number of carbonyl (C=O) groups is 1. The van der Waals surface area contributed by atoms with Crippen LogP contribution in [-0.2, 0) is 10.2 Å². The predicted octanol–water partition coefficient (Wildman–Crippen LogP) is 4.01. The minimum Gasteiger partial charge on any atom is -0.481 e. The number of aldehydes is 1. The van der Waals surface area contributed by atoms with Crippen LogP contribution >= 0.6 is 0 Å². The van der Waals surface area contributed by atoms with Gasteiger partial charge in [-0.25, -0.2) is 4.98 Å². The molecule has 0 saturated heterocycles. The van der Waals surface area contributed by atoms with Crippen molar-refractivity contribution in [1.29, 1.82) is 0 Å². The first kappa shape index (κ1) is 15.9. The third kappa shape index (κ3) is 2.81. The lowest BCUT2D eigenvalue weighted by atomic mass is 9.68. The lowest BCUT2D eigenvalue weighted by molar-refractivity contribution is -0.108. The maximum Gasteiger partial charge on any atom is 0.212 e. The second-order valence-corrected chi connectivity index (χ2v) is 5.60. The highest BCUT2D eigenvalue weighted by atomic mass is 16.5. The number of carbonyl (C=O) groups excluding carboxylic acids is 1. The van der Waals surface area contributed by atoms with Crippen LogP contribution in [-0.4, -0.2) is 18.4 Å². The van der Waals surface area contributed by atoms with Gasteiger partial charge in [0.25, 0.3) is 0 Å². The fourth-order valence-corrected chi connectivity index (χ4v) is 3.18. The van der Waals surface area contributed by atoms with Gasteiger partial charge in [0.15, 0.2) is 0 Å². The van der Waals surface area contributed by atoms with Crippen LogP contribution in [0, 0.1) is 0 Å². The summed E-state index contributed by atoms with van der Waals surface area (Å²) in [4.78, 5) is 16.0. The number of pyridine rings is 1. The van der Waals surface area contributed by atoms with Crippen molar-refractivity contribution in [2.24, 2.45) is 0 Å². The van der Waals surface area contributed by atoms with E-state index in [9.17, 15) is 4.79 Å². The molecule has 0 aliphatic carbocycles. The summed E-state index contributed by atoms with van der Waals surface area (Å²) in [5.41, 5.74) is 2.53. The van der Waals surface area contributed by atoms with E-state index in [0.717, 1.165) is 23.0 Å². The number of ether oxygens (including phenoxy) is 1. The summed E-state index contributed by atoms with van der Waals surface area (Å²) in [7, 11) is 1.59. The molecular weight excluding hydrogens is 298 g/mol. The normalized spacial score (nSPS) is 11.0. The Hall–Kier alpha value is -2.94. The number of methoxy groups -OCH3 is 1. The summed E-state index contributed by atoms with van der Waals surface area (Å²) in [6.07, 6.45) is 3.11. The van der Waals surface area contributed by atoms with Crippen LogP contribution in [0.15, 0.2) is 79.0 Å². The van der Waals surface area contributed by atoms with E-state index in [0.29, 0.717) is 12.3 Å². The second-order valence-electron chi connectivity index (χ2n) is 5.60. The molecule has 120 valence electrons. The zero-order valence-electron chi connectivity index (χ0n) is 13.6. The zero-order chi connectivity index (χ0) is 16.8. The quantitative estimate of drug-likeness (QED) is 0.645. The molecule has 0 bridgehead atoms. The summed E-state index contributed by atoms with van der Waals surface area (Å²) in [6.45, 7) is 0. The number of benzene rings is 2. The van der Waals surface area contributed by atoms with E-state index < -0.39 is 5.41 Å². The first-order valence-electron chi connectivity index (χ1n) is 7.86. The molecule has 24 heavy (non-hydrogen) atoms. The predicted molar refractivity (Wildman–Crippen MR) is 94.2 cm³/mol. The Balaban J connectivity index is 2.27. The fourth-order valence-electron chi connectivity index (χ4n) is 3.18. The van der Waals surface area contributed by atoms with Gasteiger partial charge >= 0.3 is 0 Å². The van der Waals surface area contributed by atoms with E-state index in [1.807, 2.05) is 48.5 Å². The van der Waals surface area contributed by atoms with Crippen molar-refractivity contribution in [1.82, 2.24) is 4.98 Å². The highest BCUT2D eigenvalue weighted by molar-refractivity contribution is 5.62. The molecule has 0 N–H and O–H groups in total. The Morgan fingerprint density at radius 1 is 0.875 bits per heavy atom. The molecule has 0 aliphatic heterocycles. The van der Waals surface area contributed by atoms with Crippen LogP contribution in [0.2, 0.25) is 0 Å². The minimum atomic E-state index is -0.566. The Bertz CT molecular complexity index is 744. The van der Waals surface area contributed by atoms with Crippen LogP contribution in [0.25, 0.3) is 0 Å². The average molecular weight is 317 g/mol. The summed E-state index contributed by atoms with van der Waals surface area (Å²) < 4.78 is 5.17. The molecule has 0 radical (unpaired) electrons. The number of hydrogen-bond donors (Lipinski definition) is 0. The number of nitrogens with zero attached hydrogens (tertiary/aromatic N) is 1. The van der Waals surface area contributed by atoms with Crippen LogP contribution in [0.1, 0.15) is 23.1 Å². The van der Waals surface area contributed by atoms with Gasteiger partial charge in [0.05, 0.1) is 12.5 Å². The van der Waals surface area contributed by atoms with Crippen LogP contribution in [0.4, 0.5) is 0 Å². The zero-order valence-corrected chi connectivity index (χ0v) is 13.6. The molecule has 0 amide bonds. The molecule has 0 saturated carbocycles. The molecule has 1 heterocycles. The topological polar surface area (TPSA) is 39.2 Å². The number of rotatable bonds is 6. The molecule has 3 nitrogen and oxygen atoms in total. The van der Waals surface area contributed by atoms with E-state index in [4.69, 9.17) is 4.74 Å². The minimum absolute atomic E-state index is 0.342. The third-order valence-electron chi connectivity index (χ3n) is 4.36. The largest absolute Gasteiger partial charge is 0.481 e. The second kappa shape index (κ2) is 7.09. The Morgan fingerprint density at radius 2 is 1.46 bits per heavy atom. The molecule has 0 unspecified atom stereocenters. The molecule has 0 atom stereocenters. The first-order valence-corrected chi connectivity index (χ1v) is 7.86. The Kier molecular flexibility index (Phi) is 4.71. The van der Waals surface area contributed by atoms with Gasteiger partial charge in [-0.1, -0.05) is 66.7 Å². The van der Waals surface area contributed by atoms with Gasteiger partial charge in [-0.05, 0) is 16.7 Å². The Labute approximate surface area is 142 Å². The van der Waals surface area contributed by atoms with Crippen molar-refractivity contribution in [2.45, 2.75) is 11.8 Å². The first-order chi connectivity index (χ1) is 11.8. The SMILES string of the molecule is COc1ccc(C(CC=O)(c2ccccc2)c2ccccc2)cn1. The standard InChI is InChI=1S/C21H19NO2/c1-24-20-13-12-19(16-22-20)21(14-15-23,17-8-4-2-5-9-17)18-10-6-3-7-11-18/h2-13,15-16H,14H2,1H3. The number of hydrogen-bond acceptors (Lipinski definition) is 3. The van der Waals surface area contributed by atoms with Crippen LogP contribution in [0.5, 0.6) is 5.88 Å². The molecule has 3 rings (SSSR count). The summed E-state index contributed by atoms with van der Waals surface area (Å²) in [6, 6.07) is 24.0. The lowest BCUT2D eigenvalue weighted by Gasteiger charge is -2.34. The molecule has 1 aromatic heterocycles. The molecule has 3 heteroatoms. The van der Waals surface area contributed by atoms with Crippen molar-refractivity contribution in [3.63, 3.8) is 0 Å². The monoisotopic (exact) mass is 317 g/mol. The molecule has 2 aromatic carbocycles. The lowest BCUT2D eigenvalue weighted by Crippen LogP contribution is -2.30. The van der Waals surface area contributed by atoms with Gasteiger partial charge in [0.1, 0.15) is 6.29 Å². The van der Waals surface area contributed by atoms with Crippen molar-refractivity contribution >= 4 is 6.29 Å². The van der Waals surface area contributed by atoms with Gasteiger partial charge in [0.2, 0.25) is 5.88 Å². The van der Waals surface area contributed by atoms with E-state index in [1.165, 1.54) is 0 Å². The molecule has 3 aromatic rings. The van der Waals surface area contributed by atoms with Crippen LogP contribution < -0.4 is 4.74 Å². The van der Waals surface area contributed by atoms with E-state index >= 15 is 0 Å². The van der Waals surface area contributed by atoms with Gasteiger partial charge < -0.3 is 9.53 Å². The number of aromatic nitrogens is 1.